The predicted molar refractivity (Wildman–Crippen MR) is 83.8 cm³/mol. The van der Waals surface area contributed by atoms with E-state index in [1.807, 2.05) is 38.1 Å². The number of nitrogens with one attached hydrogen (secondary N) is 1. The minimum Gasteiger partial charge on any atom is -0.494 e. The molecule has 6 nitrogen and oxygen atoms in total. The second-order valence-corrected chi connectivity index (χ2v) is 4.91. The number of carboxylic acids is 1. The van der Waals surface area contributed by atoms with Crippen LogP contribution in [0.3, 0.4) is 0 Å². The molecule has 2 rings (SSSR count). The van der Waals surface area contributed by atoms with Gasteiger partial charge in [-0.15, -0.1) is 0 Å². The largest absolute Gasteiger partial charge is 0.494 e. The van der Waals surface area contributed by atoms with E-state index in [-0.39, 0.29) is 17.4 Å². The average molecular weight is 317 g/mol. The number of carbonyl (C=O) groups is 2. The molecule has 1 heterocycles. The van der Waals surface area contributed by atoms with Crippen LogP contribution in [0.5, 0.6) is 5.75 Å². The first-order valence-electron chi connectivity index (χ1n) is 7.41. The maximum Gasteiger partial charge on any atom is 0.338 e. The highest BCUT2D eigenvalue weighted by Crippen LogP contribution is 2.27. The van der Waals surface area contributed by atoms with E-state index in [4.69, 9.17) is 14.3 Å². The molecule has 0 radical (unpaired) electrons. The van der Waals surface area contributed by atoms with Crippen LogP contribution in [0, 0.1) is 0 Å². The van der Waals surface area contributed by atoms with Crippen LogP contribution in [-0.4, -0.2) is 23.6 Å². The Labute approximate surface area is 134 Å². The Hall–Kier alpha value is -2.76. The van der Waals surface area contributed by atoms with Crippen molar-refractivity contribution in [1.82, 2.24) is 5.32 Å². The highest BCUT2D eigenvalue weighted by molar-refractivity contribution is 5.95. The summed E-state index contributed by atoms with van der Waals surface area (Å²) < 4.78 is 10.6. The average Bonchev–Trinajstić information content (AvgIpc) is 3.04. The van der Waals surface area contributed by atoms with Gasteiger partial charge in [-0.2, -0.15) is 0 Å². The molecule has 1 unspecified atom stereocenters. The zero-order valence-electron chi connectivity index (χ0n) is 13.0. The van der Waals surface area contributed by atoms with Crippen molar-refractivity contribution in [2.45, 2.75) is 26.3 Å². The third-order valence-electron chi connectivity index (χ3n) is 3.38. The van der Waals surface area contributed by atoms with Crippen molar-refractivity contribution in [2.24, 2.45) is 0 Å². The van der Waals surface area contributed by atoms with Gasteiger partial charge >= 0.3 is 5.97 Å². The SMILES string of the molecule is CCOc1ccccc1C(CC)NC(=O)c1cc(C(=O)O)co1. The van der Waals surface area contributed by atoms with Crippen molar-refractivity contribution in [3.63, 3.8) is 0 Å². The number of rotatable bonds is 7. The second kappa shape index (κ2) is 7.49. The molecule has 2 aromatic rings. The Morgan fingerprint density at radius 2 is 2.04 bits per heavy atom. The standard InChI is InChI=1S/C17H19NO5/c1-3-13(12-7-5-6-8-14(12)22-4-2)18-16(19)15-9-11(10-23-15)17(20)21/h5-10,13H,3-4H2,1-2H3,(H,18,19)(H,20,21). The van der Waals surface area contributed by atoms with E-state index in [1.165, 1.54) is 6.07 Å². The summed E-state index contributed by atoms with van der Waals surface area (Å²) in [5.74, 6) is -0.917. The summed E-state index contributed by atoms with van der Waals surface area (Å²) in [5.41, 5.74) is 0.813. The van der Waals surface area contributed by atoms with Crippen molar-refractivity contribution in [3.05, 3.63) is 53.5 Å². The smallest absolute Gasteiger partial charge is 0.338 e. The number of hydrogen-bond donors (Lipinski definition) is 2. The van der Waals surface area contributed by atoms with Crippen LogP contribution >= 0.6 is 0 Å². The lowest BCUT2D eigenvalue weighted by atomic mass is 10.0. The molecule has 23 heavy (non-hydrogen) atoms. The van der Waals surface area contributed by atoms with Gasteiger partial charge in [0.05, 0.1) is 18.2 Å². The molecule has 1 atom stereocenters. The normalized spacial score (nSPS) is 11.7. The monoisotopic (exact) mass is 317 g/mol. The lowest BCUT2D eigenvalue weighted by Gasteiger charge is -2.19. The van der Waals surface area contributed by atoms with Gasteiger partial charge in [-0.1, -0.05) is 25.1 Å². The molecule has 6 heteroatoms. The van der Waals surface area contributed by atoms with Gasteiger partial charge in [-0.25, -0.2) is 4.79 Å². The summed E-state index contributed by atoms with van der Waals surface area (Å²) in [6.07, 6.45) is 1.70. The first-order chi connectivity index (χ1) is 11.1. The van der Waals surface area contributed by atoms with Gasteiger partial charge in [0.1, 0.15) is 12.0 Å². The van der Waals surface area contributed by atoms with Crippen LogP contribution in [0.15, 0.2) is 41.0 Å². The Morgan fingerprint density at radius 1 is 1.30 bits per heavy atom. The number of carbonyl (C=O) groups excluding carboxylic acids is 1. The van der Waals surface area contributed by atoms with Gasteiger partial charge in [0.15, 0.2) is 5.76 Å². The van der Waals surface area contributed by atoms with Crippen LogP contribution in [-0.2, 0) is 0 Å². The van der Waals surface area contributed by atoms with Crippen LogP contribution < -0.4 is 10.1 Å². The fourth-order valence-corrected chi connectivity index (χ4v) is 2.25. The first kappa shape index (κ1) is 16.6. The number of para-hydroxylation sites is 1. The fourth-order valence-electron chi connectivity index (χ4n) is 2.25. The van der Waals surface area contributed by atoms with E-state index >= 15 is 0 Å². The number of ether oxygens (including phenoxy) is 1. The summed E-state index contributed by atoms with van der Waals surface area (Å²) in [5, 5.41) is 11.7. The Kier molecular flexibility index (Phi) is 5.41. The third-order valence-corrected chi connectivity index (χ3v) is 3.38. The lowest BCUT2D eigenvalue weighted by Crippen LogP contribution is -2.28. The zero-order chi connectivity index (χ0) is 16.8. The maximum atomic E-state index is 12.3. The molecule has 1 aromatic heterocycles. The minimum absolute atomic E-state index is 0.0326. The Morgan fingerprint density at radius 3 is 2.65 bits per heavy atom. The molecule has 0 aliphatic rings. The van der Waals surface area contributed by atoms with Gasteiger partial charge < -0.3 is 19.6 Å². The summed E-state index contributed by atoms with van der Waals surface area (Å²) in [6, 6.07) is 8.44. The molecule has 0 bridgehead atoms. The number of carboxylic acid groups (broad SMARTS) is 1. The Bertz CT molecular complexity index is 692. The number of amides is 1. The van der Waals surface area contributed by atoms with Crippen molar-refractivity contribution in [3.8, 4) is 5.75 Å². The molecular weight excluding hydrogens is 298 g/mol. The molecule has 2 N–H and O–H groups in total. The number of furan rings is 1. The van der Waals surface area contributed by atoms with Gasteiger partial charge in [0.2, 0.25) is 0 Å². The Balaban J connectivity index is 2.18. The first-order valence-corrected chi connectivity index (χ1v) is 7.41. The third kappa shape index (κ3) is 3.91. The molecule has 0 saturated heterocycles. The molecule has 1 aromatic carbocycles. The number of benzene rings is 1. The van der Waals surface area contributed by atoms with E-state index < -0.39 is 11.9 Å². The van der Waals surface area contributed by atoms with E-state index in [1.54, 1.807) is 0 Å². The summed E-state index contributed by atoms with van der Waals surface area (Å²) in [4.78, 5) is 23.1. The predicted octanol–water partition coefficient (Wildman–Crippen LogP) is 3.26. The molecule has 0 fully saturated rings. The van der Waals surface area contributed by atoms with Gasteiger partial charge in [0, 0.05) is 11.6 Å². The van der Waals surface area contributed by atoms with Gasteiger partial charge in [0.25, 0.3) is 5.91 Å². The molecule has 1 amide bonds. The number of hydrogen-bond acceptors (Lipinski definition) is 4. The highest BCUT2D eigenvalue weighted by Gasteiger charge is 2.20. The molecule has 0 aliphatic carbocycles. The van der Waals surface area contributed by atoms with Crippen molar-refractivity contribution in [2.75, 3.05) is 6.61 Å². The zero-order valence-corrected chi connectivity index (χ0v) is 13.0. The second-order valence-electron chi connectivity index (χ2n) is 4.91. The summed E-state index contributed by atoms with van der Waals surface area (Å²) >= 11 is 0. The van der Waals surface area contributed by atoms with E-state index in [0.29, 0.717) is 18.8 Å². The molecule has 122 valence electrons. The molecular formula is C17H19NO5. The van der Waals surface area contributed by atoms with E-state index in [2.05, 4.69) is 5.32 Å². The summed E-state index contributed by atoms with van der Waals surface area (Å²) in [7, 11) is 0. The van der Waals surface area contributed by atoms with Crippen molar-refractivity contribution < 1.29 is 23.8 Å². The quantitative estimate of drug-likeness (QED) is 0.818. The van der Waals surface area contributed by atoms with E-state index in [0.717, 1.165) is 11.8 Å². The van der Waals surface area contributed by atoms with Gasteiger partial charge in [-0.3, -0.25) is 4.79 Å². The van der Waals surface area contributed by atoms with Gasteiger partial charge in [-0.05, 0) is 19.4 Å². The van der Waals surface area contributed by atoms with Crippen molar-refractivity contribution >= 4 is 11.9 Å². The van der Waals surface area contributed by atoms with Crippen LogP contribution in [0.25, 0.3) is 0 Å². The van der Waals surface area contributed by atoms with Crippen molar-refractivity contribution in [1.29, 1.82) is 0 Å². The van der Waals surface area contributed by atoms with Crippen LogP contribution in [0.2, 0.25) is 0 Å². The van der Waals surface area contributed by atoms with E-state index in [9.17, 15) is 9.59 Å². The van der Waals surface area contributed by atoms with Crippen LogP contribution in [0.4, 0.5) is 0 Å². The molecule has 0 saturated carbocycles. The van der Waals surface area contributed by atoms with Crippen LogP contribution in [0.1, 0.15) is 52.8 Å². The maximum absolute atomic E-state index is 12.3. The summed E-state index contributed by atoms with van der Waals surface area (Å²) in [6.45, 7) is 4.37. The minimum atomic E-state index is -1.14. The molecule has 0 aliphatic heterocycles. The molecule has 0 spiro atoms. The topological polar surface area (TPSA) is 88.8 Å². The highest BCUT2D eigenvalue weighted by atomic mass is 16.5. The lowest BCUT2D eigenvalue weighted by molar-refractivity contribution is 0.0695. The number of aromatic carboxylic acids is 1. The fraction of sp³-hybridized carbons (Fsp3) is 0.294.